The van der Waals surface area contributed by atoms with Crippen molar-refractivity contribution < 1.29 is 0 Å². The van der Waals surface area contributed by atoms with Gasteiger partial charge in [-0.25, -0.2) is 15.0 Å². The van der Waals surface area contributed by atoms with Gasteiger partial charge in [0.25, 0.3) is 0 Å². The Morgan fingerprint density at radius 1 is 1.00 bits per heavy atom. The van der Waals surface area contributed by atoms with Gasteiger partial charge in [0, 0.05) is 40.4 Å². The molecular weight excluding hydrogens is 300 g/mol. The molecule has 3 rings (SSSR count). The van der Waals surface area contributed by atoms with Crippen molar-refractivity contribution in [2.45, 2.75) is 6.92 Å². The molecule has 2 heterocycles. The summed E-state index contributed by atoms with van der Waals surface area (Å²) in [6, 6.07) is 7.41. The molecule has 0 bridgehead atoms. The number of hydrogen-bond donors (Lipinski definition) is 2. The Labute approximate surface area is 132 Å². The molecule has 0 unspecified atom stereocenters. The summed E-state index contributed by atoms with van der Waals surface area (Å²) in [5.74, 6) is 0.837. The number of nitrogens with zero attached hydrogens (tertiary/aromatic N) is 4. The fourth-order valence-electron chi connectivity index (χ4n) is 2.08. The molecule has 0 amide bonds. The largest absolute Gasteiger partial charge is 0.368 e. The number of nitrogens with two attached hydrogens (primary N) is 1. The summed E-state index contributed by atoms with van der Waals surface area (Å²) < 4.78 is 0. The molecule has 0 saturated carbocycles. The van der Waals surface area contributed by atoms with Gasteiger partial charge >= 0.3 is 0 Å². The third-order valence-corrected chi connectivity index (χ3v) is 3.15. The molecule has 0 aliphatic carbocycles. The van der Waals surface area contributed by atoms with E-state index < -0.39 is 0 Å². The number of benzene rings is 1. The first-order chi connectivity index (χ1) is 10.6. The van der Waals surface area contributed by atoms with Crippen LogP contribution < -0.4 is 11.1 Å². The van der Waals surface area contributed by atoms with E-state index in [1.54, 1.807) is 12.4 Å². The molecule has 22 heavy (non-hydrogen) atoms. The van der Waals surface area contributed by atoms with Crippen molar-refractivity contribution in [3.63, 3.8) is 0 Å². The van der Waals surface area contributed by atoms with E-state index in [1.165, 1.54) is 6.33 Å². The average molecular weight is 313 g/mol. The molecule has 1 aromatic carbocycles. The van der Waals surface area contributed by atoms with Gasteiger partial charge in [-0.3, -0.25) is 0 Å². The third kappa shape index (κ3) is 3.29. The number of hydrogen-bond acceptors (Lipinski definition) is 6. The standard InChI is InChI=1S/C15H13ClN6/c1-9-2-14(22-15(17)20-9)21-13-4-10(3-12(16)5-13)11-6-18-8-19-7-11/h2-8H,1H3,(H3,17,20,21,22). The number of rotatable bonds is 3. The number of nitrogens with one attached hydrogen (secondary N) is 1. The number of anilines is 3. The Bertz CT molecular complexity index is 786. The molecule has 0 fully saturated rings. The van der Waals surface area contributed by atoms with E-state index >= 15 is 0 Å². The summed E-state index contributed by atoms with van der Waals surface area (Å²) in [4.78, 5) is 16.2. The van der Waals surface area contributed by atoms with Gasteiger partial charge in [-0.15, -0.1) is 0 Å². The van der Waals surface area contributed by atoms with Crippen LogP contribution >= 0.6 is 11.6 Å². The van der Waals surface area contributed by atoms with E-state index in [9.17, 15) is 0 Å². The Kier molecular flexibility index (Phi) is 3.84. The molecular formula is C15H13ClN6. The lowest BCUT2D eigenvalue weighted by Crippen LogP contribution is -2.01. The van der Waals surface area contributed by atoms with E-state index in [2.05, 4.69) is 25.3 Å². The molecule has 0 aliphatic heterocycles. The lowest BCUT2D eigenvalue weighted by atomic mass is 10.1. The highest BCUT2D eigenvalue weighted by atomic mass is 35.5. The number of halogens is 1. The predicted octanol–water partition coefficient (Wildman–Crippen LogP) is 3.22. The van der Waals surface area contributed by atoms with E-state index in [0.717, 1.165) is 22.5 Å². The van der Waals surface area contributed by atoms with Gasteiger partial charge in [0.2, 0.25) is 5.95 Å². The SMILES string of the molecule is Cc1cc(Nc2cc(Cl)cc(-c3cncnc3)c2)nc(N)n1. The van der Waals surface area contributed by atoms with Crippen LogP contribution in [0.3, 0.4) is 0 Å². The van der Waals surface area contributed by atoms with Crippen LogP contribution in [0.4, 0.5) is 17.5 Å². The second-order valence-corrected chi connectivity index (χ2v) is 5.17. The van der Waals surface area contributed by atoms with Gasteiger partial charge < -0.3 is 11.1 Å². The Morgan fingerprint density at radius 2 is 1.77 bits per heavy atom. The van der Waals surface area contributed by atoms with Crippen molar-refractivity contribution in [3.8, 4) is 11.1 Å². The zero-order valence-electron chi connectivity index (χ0n) is 11.8. The first-order valence-corrected chi connectivity index (χ1v) is 6.92. The molecule has 0 saturated heterocycles. The molecule has 0 atom stereocenters. The molecule has 0 aliphatic rings. The normalized spacial score (nSPS) is 10.5. The molecule has 2 aromatic heterocycles. The fourth-order valence-corrected chi connectivity index (χ4v) is 2.32. The smallest absolute Gasteiger partial charge is 0.222 e. The van der Waals surface area contributed by atoms with Crippen LogP contribution in [0.2, 0.25) is 5.02 Å². The summed E-state index contributed by atoms with van der Waals surface area (Å²) in [7, 11) is 0. The Morgan fingerprint density at radius 3 is 2.50 bits per heavy atom. The highest BCUT2D eigenvalue weighted by Crippen LogP contribution is 2.28. The van der Waals surface area contributed by atoms with Gasteiger partial charge in [0.15, 0.2) is 0 Å². The number of nitrogen functional groups attached to an aromatic ring is 1. The molecule has 7 heteroatoms. The first kappa shape index (κ1) is 14.2. The van der Waals surface area contributed by atoms with Crippen molar-refractivity contribution >= 4 is 29.1 Å². The maximum absolute atomic E-state index is 6.19. The topological polar surface area (TPSA) is 89.6 Å². The van der Waals surface area contributed by atoms with Gasteiger partial charge in [0.05, 0.1) is 0 Å². The van der Waals surface area contributed by atoms with Gasteiger partial charge in [-0.1, -0.05) is 11.6 Å². The highest BCUT2D eigenvalue weighted by molar-refractivity contribution is 6.31. The van der Waals surface area contributed by atoms with Gasteiger partial charge in [-0.05, 0) is 30.7 Å². The van der Waals surface area contributed by atoms with Crippen LogP contribution in [0.5, 0.6) is 0 Å². The molecule has 3 aromatic rings. The Balaban J connectivity index is 1.96. The van der Waals surface area contributed by atoms with Gasteiger partial charge in [0.1, 0.15) is 12.1 Å². The van der Waals surface area contributed by atoms with Crippen LogP contribution in [0.15, 0.2) is 43.0 Å². The average Bonchev–Trinajstić information content (AvgIpc) is 2.46. The fraction of sp³-hybridized carbons (Fsp3) is 0.0667. The molecule has 110 valence electrons. The zero-order valence-corrected chi connectivity index (χ0v) is 12.5. The zero-order chi connectivity index (χ0) is 15.5. The number of aryl methyl sites for hydroxylation is 1. The summed E-state index contributed by atoms with van der Waals surface area (Å²) >= 11 is 6.19. The third-order valence-electron chi connectivity index (χ3n) is 2.94. The van der Waals surface area contributed by atoms with Crippen LogP contribution in [-0.2, 0) is 0 Å². The van der Waals surface area contributed by atoms with Crippen molar-refractivity contribution in [2.24, 2.45) is 0 Å². The monoisotopic (exact) mass is 312 g/mol. The molecule has 3 N–H and O–H groups in total. The second kappa shape index (κ2) is 5.95. The minimum atomic E-state index is 0.223. The van der Waals surface area contributed by atoms with Crippen molar-refractivity contribution in [3.05, 3.63) is 53.7 Å². The quantitative estimate of drug-likeness (QED) is 0.771. The van der Waals surface area contributed by atoms with Crippen molar-refractivity contribution in [2.75, 3.05) is 11.1 Å². The van der Waals surface area contributed by atoms with E-state index in [0.29, 0.717) is 10.8 Å². The summed E-state index contributed by atoms with van der Waals surface area (Å²) in [6.45, 7) is 1.86. The first-order valence-electron chi connectivity index (χ1n) is 6.54. The van der Waals surface area contributed by atoms with Crippen LogP contribution in [0.25, 0.3) is 11.1 Å². The van der Waals surface area contributed by atoms with E-state index in [1.807, 2.05) is 31.2 Å². The second-order valence-electron chi connectivity index (χ2n) is 4.73. The summed E-state index contributed by atoms with van der Waals surface area (Å²) in [5.41, 5.74) is 9.03. The number of aromatic nitrogens is 4. The van der Waals surface area contributed by atoms with Crippen molar-refractivity contribution in [1.82, 2.24) is 19.9 Å². The Hall–Kier alpha value is -2.73. The van der Waals surface area contributed by atoms with Crippen LogP contribution in [-0.4, -0.2) is 19.9 Å². The molecule has 0 spiro atoms. The maximum atomic E-state index is 6.19. The summed E-state index contributed by atoms with van der Waals surface area (Å²) in [5, 5.41) is 3.78. The van der Waals surface area contributed by atoms with E-state index in [4.69, 9.17) is 17.3 Å². The van der Waals surface area contributed by atoms with Crippen molar-refractivity contribution in [1.29, 1.82) is 0 Å². The summed E-state index contributed by atoms with van der Waals surface area (Å²) in [6.07, 6.45) is 4.95. The lowest BCUT2D eigenvalue weighted by molar-refractivity contribution is 1.12. The maximum Gasteiger partial charge on any atom is 0.222 e. The lowest BCUT2D eigenvalue weighted by Gasteiger charge is -2.10. The van der Waals surface area contributed by atoms with Gasteiger partial charge in [-0.2, -0.15) is 4.98 Å². The minimum Gasteiger partial charge on any atom is -0.368 e. The molecule has 0 radical (unpaired) electrons. The molecule has 6 nitrogen and oxygen atoms in total. The van der Waals surface area contributed by atoms with Crippen LogP contribution in [0, 0.1) is 6.92 Å². The highest BCUT2D eigenvalue weighted by Gasteiger charge is 2.05. The predicted molar refractivity (Wildman–Crippen MR) is 86.9 cm³/mol. The minimum absolute atomic E-state index is 0.223. The van der Waals surface area contributed by atoms with E-state index in [-0.39, 0.29) is 5.95 Å². The van der Waals surface area contributed by atoms with Crippen LogP contribution in [0.1, 0.15) is 5.69 Å².